The number of hydrogen-bond acceptors (Lipinski definition) is 2. The van der Waals surface area contributed by atoms with Gasteiger partial charge in [0.05, 0.1) is 0 Å². The Hall–Kier alpha value is -0.310. The average Bonchev–Trinajstić information content (AvgIpc) is 2.17. The van der Waals surface area contributed by atoms with E-state index in [0.29, 0.717) is 10.2 Å². The SMILES string of the molecule is CCN(CC)Cc1cnc(Cl)cc1Cl. The summed E-state index contributed by atoms with van der Waals surface area (Å²) in [5, 5.41) is 1.13. The second-order valence-corrected chi connectivity index (χ2v) is 3.85. The third-order valence-corrected chi connectivity index (χ3v) is 2.74. The Morgan fingerprint density at radius 2 is 1.93 bits per heavy atom. The average molecular weight is 233 g/mol. The second kappa shape index (κ2) is 5.54. The molecule has 4 heteroatoms. The highest BCUT2D eigenvalue weighted by Crippen LogP contribution is 2.19. The summed E-state index contributed by atoms with van der Waals surface area (Å²) in [7, 11) is 0. The van der Waals surface area contributed by atoms with Crippen LogP contribution in [0.5, 0.6) is 0 Å². The number of nitrogens with zero attached hydrogens (tertiary/aromatic N) is 2. The van der Waals surface area contributed by atoms with E-state index < -0.39 is 0 Å². The summed E-state index contributed by atoms with van der Waals surface area (Å²) in [5.74, 6) is 0. The Balaban J connectivity index is 2.76. The van der Waals surface area contributed by atoms with E-state index >= 15 is 0 Å². The minimum Gasteiger partial charge on any atom is -0.300 e. The summed E-state index contributed by atoms with van der Waals surface area (Å²) in [6.45, 7) is 7.10. The lowest BCUT2D eigenvalue weighted by molar-refractivity contribution is 0.295. The maximum absolute atomic E-state index is 6.04. The van der Waals surface area contributed by atoms with Crippen LogP contribution in [0.25, 0.3) is 0 Å². The van der Waals surface area contributed by atoms with Crippen molar-refractivity contribution in [3.63, 3.8) is 0 Å². The van der Waals surface area contributed by atoms with E-state index in [1.54, 1.807) is 12.3 Å². The third kappa shape index (κ3) is 3.12. The van der Waals surface area contributed by atoms with Crippen LogP contribution >= 0.6 is 23.2 Å². The topological polar surface area (TPSA) is 16.1 Å². The maximum Gasteiger partial charge on any atom is 0.130 e. The monoisotopic (exact) mass is 232 g/mol. The van der Waals surface area contributed by atoms with E-state index in [2.05, 4.69) is 23.7 Å². The fourth-order valence-corrected chi connectivity index (χ4v) is 1.67. The molecule has 0 bridgehead atoms. The molecule has 0 radical (unpaired) electrons. The molecule has 2 nitrogen and oxygen atoms in total. The zero-order valence-electron chi connectivity index (χ0n) is 8.43. The first-order chi connectivity index (χ1) is 6.67. The first kappa shape index (κ1) is 11.8. The molecular formula is C10H14Cl2N2. The van der Waals surface area contributed by atoms with Crippen LogP contribution in [-0.2, 0) is 6.54 Å². The summed E-state index contributed by atoms with van der Waals surface area (Å²) in [6, 6.07) is 1.68. The Morgan fingerprint density at radius 1 is 1.29 bits per heavy atom. The van der Waals surface area contributed by atoms with Crippen LogP contribution in [0.3, 0.4) is 0 Å². The Morgan fingerprint density at radius 3 is 2.43 bits per heavy atom. The standard InChI is InChI=1S/C10H14Cl2N2/c1-3-14(4-2)7-8-6-13-10(12)5-9(8)11/h5-6H,3-4,7H2,1-2H3. The molecule has 0 aliphatic heterocycles. The molecule has 0 aliphatic carbocycles. The highest BCUT2D eigenvalue weighted by molar-refractivity contribution is 6.34. The van der Waals surface area contributed by atoms with Crippen molar-refractivity contribution >= 4 is 23.2 Å². The van der Waals surface area contributed by atoms with Crippen molar-refractivity contribution in [2.75, 3.05) is 13.1 Å². The fraction of sp³-hybridized carbons (Fsp3) is 0.500. The summed E-state index contributed by atoms with van der Waals surface area (Å²) in [5.41, 5.74) is 1.03. The minimum atomic E-state index is 0.443. The van der Waals surface area contributed by atoms with E-state index in [1.165, 1.54) is 0 Å². The Bertz CT molecular complexity index is 298. The number of rotatable bonds is 4. The predicted octanol–water partition coefficient (Wildman–Crippen LogP) is 3.23. The zero-order chi connectivity index (χ0) is 10.6. The van der Waals surface area contributed by atoms with Gasteiger partial charge in [0, 0.05) is 23.3 Å². The molecule has 0 amide bonds. The number of aromatic nitrogens is 1. The van der Waals surface area contributed by atoms with Crippen LogP contribution in [0.4, 0.5) is 0 Å². The van der Waals surface area contributed by atoms with Crippen molar-refractivity contribution in [3.8, 4) is 0 Å². The fourth-order valence-electron chi connectivity index (χ4n) is 1.24. The van der Waals surface area contributed by atoms with Crippen molar-refractivity contribution in [1.82, 2.24) is 9.88 Å². The van der Waals surface area contributed by atoms with Crippen LogP contribution in [0, 0.1) is 0 Å². The van der Waals surface area contributed by atoms with Crippen LogP contribution in [0.1, 0.15) is 19.4 Å². The molecule has 0 fully saturated rings. The largest absolute Gasteiger partial charge is 0.300 e. The predicted molar refractivity (Wildman–Crippen MR) is 60.9 cm³/mol. The molecular weight excluding hydrogens is 219 g/mol. The quantitative estimate of drug-likeness (QED) is 0.742. The summed E-state index contributed by atoms with van der Waals surface area (Å²) in [4.78, 5) is 6.29. The van der Waals surface area contributed by atoms with Gasteiger partial charge < -0.3 is 0 Å². The van der Waals surface area contributed by atoms with Gasteiger partial charge in [-0.3, -0.25) is 4.90 Å². The minimum absolute atomic E-state index is 0.443. The van der Waals surface area contributed by atoms with Gasteiger partial charge in [0.25, 0.3) is 0 Å². The van der Waals surface area contributed by atoms with E-state index in [-0.39, 0.29) is 0 Å². The lowest BCUT2D eigenvalue weighted by Crippen LogP contribution is -2.22. The molecule has 0 unspecified atom stereocenters. The van der Waals surface area contributed by atoms with Gasteiger partial charge >= 0.3 is 0 Å². The van der Waals surface area contributed by atoms with Crippen molar-refractivity contribution in [1.29, 1.82) is 0 Å². The lowest BCUT2D eigenvalue weighted by atomic mass is 10.2. The third-order valence-electron chi connectivity index (χ3n) is 2.18. The molecule has 1 heterocycles. The molecule has 1 rings (SSSR count). The maximum atomic E-state index is 6.04. The van der Waals surface area contributed by atoms with Gasteiger partial charge in [0.1, 0.15) is 5.15 Å². The molecule has 0 N–H and O–H groups in total. The molecule has 1 aromatic rings. The van der Waals surface area contributed by atoms with Gasteiger partial charge in [0.2, 0.25) is 0 Å². The van der Waals surface area contributed by atoms with Crippen molar-refractivity contribution in [2.24, 2.45) is 0 Å². The lowest BCUT2D eigenvalue weighted by Gasteiger charge is -2.18. The number of halogens is 2. The van der Waals surface area contributed by atoms with Crippen molar-refractivity contribution in [3.05, 3.63) is 28.0 Å². The van der Waals surface area contributed by atoms with E-state index in [0.717, 1.165) is 25.2 Å². The highest BCUT2D eigenvalue weighted by Gasteiger charge is 2.06. The van der Waals surface area contributed by atoms with Gasteiger partial charge in [-0.2, -0.15) is 0 Å². The van der Waals surface area contributed by atoms with Gasteiger partial charge in [0.15, 0.2) is 0 Å². The van der Waals surface area contributed by atoms with Crippen LogP contribution < -0.4 is 0 Å². The summed E-state index contributed by atoms with van der Waals surface area (Å²) < 4.78 is 0. The molecule has 78 valence electrons. The van der Waals surface area contributed by atoms with Crippen LogP contribution in [0.2, 0.25) is 10.2 Å². The number of hydrogen-bond donors (Lipinski definition) is 0. The van der Waals surface area contributed by atoms with Crippen molar-refractivity contribution in [2.45, 2.75) is 20.4 Å². The first-order valence-corrected chi connectivity index (χ1v) is 5.45. The van der Waals surface area contributed by atoms with Gasteiger partial charge in [-0.25, -0.2) is 4.98 Å². The highest BCUT2D eigenvalue weighted by atomic mass is 35.5. The molecule has 0 atom stereocenters. The number of pyridine rings is 1. The molecule has 1 aromatic heterocycles. The van der Waals surface area contributed by atoms with E-state index in [9.17, 15) is 0 Å². The Labute approximate surface area is 94.8 Å². The van der Waals surface area contributed by atoms with E-state index in [1.807, 2.05) is 0 Å². The molecule has 0 aliphatic rings. The van der Waals surface area contributed by atoms with Gasteiger partial charge in [-0.15, -0.1) is 0 Å². The van der Waals surface area contributed by atoms with Crippen molar-refractivity contribution < 1.29 is 0 Å². The first-order valence-electron chi connectivity index (χ1n) is 4.69. The van der Waals surface area contributed by atoms with Crippen LogP contribution in [-0.4, -0.2) is 23.0 Å². The second-order valence-electron chi connectivity index (χ2n) is 3.06. The van der Waals surface area contributed by atoms with Gasteiger partial charge in [-0.1, -0.05) is 37.0 Å². The smallest absolute Gasteiger partial charge is 0.130 e. The molecule has 0 spiro atoms. The molecule has 14 heavy (non-hydrogen) atoms. The normalized spacial score (nSPS) is 10.9. The van der Waals surface area contributed by atoms with Gasteiger partial charge in [-0.05, 0) is 19.2 Å². The Kier molecular flexibility index (Phi) is 4.66. The summed E-state index contributed by atoms with van der Waals surface area (Å²) >= 11 is 11.7. The molecule has 0 aromatic carbocycles. The molecule has 0 saturated carbocycles. The zero-order valence-corrected chi connectivity index (χ0v) is 9.94. The summed E-state index contributed by atoms with van der Waals surface area (Å²) in [6.07, 6.45) is 1.74. The van der Waals surface area contributed by atoms with E-state index in [4.69, 9.17) is 23.2 Å². The van der Waals surface area contributed by atoms with Crippen LogP contribution in [0.15, 0.2) is 12.3 Å². The molecule has 0 saturated heterocycles.